The molecule has 4 nitrogen and oxygen atoms in total. The number of hydrogen-bond donors (Lipinski definition) is 2. The Hall–Kier alpha value is -2.33. The van der Waals surface area contributed by atoms with Crippen molar-refractivity contribution in [3.05, 3.63) is 71.8 Å². The number of hydrogen-bond acceptors (Lipinski definition) is 2. The Bertz CT molecular complexity index is 641. The van der Waals surface area contributed by atoms with E-state index >= 15 is 0 Å². The zero-order valence-electron chi connectivity index (χ0n) is 15.6. The van der Waals surface area contributed by atoms with Crippen LogP contribution in [0.1, 0.15) is 37.1 Å². The second kappa shape index (κ2) is 9.23. The maximum atomic E-state index is 12.7. The van der Waals surface area contributed by atoms with Crippen LogP contribution in [0.15, 0.2) is 60.7 Å². The van der Waals surface area contributed by atoms with Crippen LogP contribution in [0.3, 0.4) is 0 Å². The van der Waals surface area contributed by atoms with E-state index < -0.39 is 0 Å². The molecule has 2 atom stereocenters. The summed E-state index contributed by atoms with van der Waals surface area (Å²) in [6, 6.07) is 20.0. The Morgan fingerprint density at radius 1 is 0.880 bits per heavy atom. The molecule has 2 rings (SSSR count). The van der Waals surface area contributed by atoms with Crippen LogP contribution in [0.4, 0.5) is 4.79 Å². The predicted octanol–water partition coefficient (Wildman–Crippen LogP) is 3.99. The van der Waals surface area contributed by atoms with Crippen molar-refractivity contribution >= 4 is 6.03 Å². The van der Waals surface area contributed by atoms with Gasteiger partial charge in [0.05, 0.1) is 12.1 Å². The van der Waals surface area contributed by atoms with E-state index in [9.17, 15) is 4.79 Å². The fraction of sp³-hybridized carbons (Fsp3) is 0.381. The molecular weight excluding hydrogens is 310 g/mol. The van der Waals surface area contributed by atoms with Gasteiger partial charge in [-0.2, -0.15) is 0 Å². The lowest BCUT2D eigenvalue weighted by Crippen LogP contribution is -2.43. The molecule has 0 aliphatic rings. The smallest absolute Gasteiger partial charge is 0.315 e. The third-order valence-electron chi connectivity index (χ3n) is 4.17. The van der Waals surface area contributed by atoms with E-state index in [1.165, 1.54) is 0 Å². The van der Waals surface area contributed by atoms with E-state index in [1.807, 2.05) is 62.6 Å². The molecule has 2 N–H and O–H groups in total. The summed E-state index contributed by atoms with van der Waals surface area (Å²) in [5, 5.41) is 6.27. The first kappa shape index (κ1) is 19.0. The highest BCUT2D eigenvalue weighted by atomic mass is 16.2. The molecule has 134 valence electrons. The monoisotopic (exact) mass is 339 g/mol. The summed E-state index contributed by atoms with van der Waals surface area (Å²) in [6.07, 6.45) is 0. The Morgan fingerprint density at radius 2 is 1.40 bits per heavy atom. The molecule has 2 amide bonds. The quantitative estimate of drug-likeness (QED) is 0.801. The molecule has 0 bridgehead atoms. The minimum atomic E-state index is -0.141. The molecule has 25 heavy (non-hydrogen) atoms. The summed E-state index contributed by atoms with van der Waals surface area (Å²) in [4.78, 5) is 14.7. The van der Waals surface area contributed by atoms with E-state index in [1.54, 1.807) is 0 Å². The first-order valence-electron chi connectivity index (χ1n) is 8.79. The molecular formula is C21H29N3O. The van der Waals surface area contributed by atoms with Gasteiger partial charge in [0, 0.05) is 6.54 Å². The number of likely N-dealkylation sites (N-methyl/N-ethyl adjacent to an activating group) is 1. The molecule has 0 aromatic heterocycles. The second-order valence-electron chi connectivity index (χ2n) is 6.98. The zero-order chi connectivity index (χ0) is 18.2. The van der Waals surface area contributed by atoms with Crippen LogP contribution in [0, 0.1) is 5.92 Å². The van der Waals surface area contributed by atoms with Gasteiger partial charge in [0.2, 0.25) is 0 Å². The lowest BCUT2D eigenvalue weighted by Gasteiger charge is -2.27. The Morgan fingerprint density at radius 3 is 1.88 bits per heavy atom. The number of urea groups is 1. The van der Waals surface area contributed by atoms with Gasteiger partial charge in [-0.3, -0.25) is 0 Å². The number of benzene rings is 2. The van der Waals surface area contributed by atoms with Gasteiger partial charge < -0.3 is 15.5 Å². The molecule has 0 saturated heterocycles. The highest BCUT2D eigenvalue weighted by Gasteiger charge is 2.21. The van der Waals surface area contributed by atoms with Crippen molar-refractivity contribution in [3.63, 3.8) is 0 Å². The van der Waals surface area contributed by atoms with Gasteiger partial charge in [0.25, 0.3) is 0 Å². The van der Waals surface area contributed by atoms with Crippen molar-refractivity contribution < 1.29 is 4.79 Å². The Labute approximate surface area is 151 Å². The van der Waals surface area contributed by atoms with E-state index in [-0.39, 0.29) is 18.1 Å². The fourth-order valence-electron chi connectivity index (χ4n) is 2.92. The minimum Gasteiger partial charge on any atom is -0.331 e. The van der Waals surface area contributed by atoms with E-state index in [4.69, 9.17) is 0 Å². The van der Waals surface area contributed by atoms with E-state index in [0.717, 1.165) is 17.7 Å². The fourth-order valence-corrected chi connectivity index (χ4v) is 2.92. The number of carbonyl (C=O) groups is 1. The summed E-state index contributed by atoms with van der Waals surface area (Å²) < 4.78 is 0. The molecule has 2 unspecified atom stereocenters. The van der Waals surface area contributed by atoms with Gasteiger partial charge in [-0.25, -0.2) is 4.79 Å². The molecule has 0 aliphatic carbocycles. The summed E-state index contributed by atoms with van der Waals surface area (Å²) in [7, 11) is 4.02. The average molecular weight is 339 g/mol. The summed E-state index contributed by atoms with van der Waals surface area (Å²) in [6.45, 7) is 4.98. The molecule has 4 heteroatoms. The molecule has 0 saturated carbocycles. The molecule has 2 aromatic rings. The Kier molecular flexibility index (Phi) is 7.02. The first-order chi connectivity index (χ1) is 12.0. The van der Waals surface area contributed by atoms with Gasteiger partial charge in [0.1, 0.15) is 0 Å². The van der Waals surface area contributed by atoms with Gasteiger partial charge in [0.15, 0.2) is 0 Å². The van der Waals surface area contributed by atoms with Crippen LogP contribution in [-0.4, -0.2) is 31.6 Å². The maximum absolute atomic E-state index is 12.7. The largest absolute Gasteiger partial charge is 0.331 e. The molecule has 0 heterocycles. The molecule has 0 radical (unpaired) electrons. The van der Waals surface area contributed by atoms with E-state index in [2.05, 4.69) is 41.5 Å². The van der Waals surface area contributed by atoms with Crippen molar-refractivity contribution in [3.8, 4) is 0 Å². The number of carbonyl (C=O) groups excluding carboxylic acids is 1. The standard InChI is InChI=1S/C21H29N3O/c1-16(2)20(18-13-9-6-10-14-18)23-21(25)22-19(15-24(3)4)17-11-7-5-8-12-17/h5-14,16,19-20H,15H2,1-4H3,(H2,22,23,25). The van der Waals surface area contributed by atoms with Crippen molar-refractivity contribution in [1.82, 2.24) is 15.5 Å². The topological polar surface area (TPSA) is 44.4 Å². The number of amides is 2. The number of nitrogens with one attached hydrogen (secondary N) is 2. The van der Waals surface area contributed by atoms with Crippen molar-refractivity contribution in [2.24, 2.45) is 5.92 Å². The first-order valence-corrected chi connectivity index (χ1v) is 8.79. The highest BCUT2D eigenvalue weighted by Crippen LogP contribution is 2.21. The molecule has 0 spiro atoms. The summed E-state index contributed by atoms with van der Waals surface area (Å²) >= 11 is 0. The van der Waals surface area contributed by atoms with Crippen LogP contribution < -0.4 is 10.6 Å². The SMILES string of the molecule is CC(C)C(NC(=O)NC(CN(C)C)c1ccccc1)c1ccccc1. The van der Waals surface area contributed by atoms with E-state index in [0.29, 0.717) is 5.92 Å². The molecule has 2 aromatic carbocycles. The Balaban J connectivity index is 2.09. The number of rotatable bonds is 7. The van der Waals surface area contributed by atoms with Gasteiger partial charge in [-0.1, -0.05) is 74.5 Å². The minimum absolute atomic E-state index is 0.0167. The van der Waals surface area contributed by atoms with Gasteiger partial charge in [-0.05, 0) is 31.1 Å². The normalized spacial score (nSPS) is 13.5. The van der Waals surface area contributed by atoms with Crippen molar-refractivity contribution in [2.45, 2.75) is 25.9 Å². The number of nitrogens with zero attached hydrogens (tertiary/aromatic N) is 1. The van der Waals surface area contributed by atoms with Crippen LogP contribution in [0.5, 0.6) is 0 Å². The van der Waals surface area contributed by atoms with Gasteiger partial charge in [-0.15, -0.1) is 0 Å². The van der Waals surface area contributed by atoms with Crippen molar-refractivity contribution in [2.75, 3.05) is 20.6 Å². The van der Waals surface area contributed by atoms with Gasteiger partial charge >= 0.3 is 6.03 Å². The molecule has 0 aliphatic heterocycles. The third kappa shape index (κ3) is 5.91. The lowest BCUT2D eigenvalue weighted by molar-refractivity contribution is 0.225. The maximum Gasteiger partial charge on any atom is 0.315 e. The van der Waals surface area contributed by atoms with Crippen LogP contribution in [0.2, 0.25) is 0 Å². The zero-order valence-corrected chi connectivity index (χ0v) is 15.6. The van der Waals surface area contributed by atoms with Crippen molar-refractivity contribution in [1.29, 1.82) is 0 Å². The summed E-state index contributed by atoms with van der Waals surface area (Å²) in [5.74, 6) is 0.303. The third-order valence-corrected chi connectivity index (χ3v) is 4.17. The average Bonchev–Trinajstić information content (AvgIpc) is 2.60. The predicted molar refractivity (Wildman–Crippen MR) is 103 cm³/mol. The van der Waals surface area contributed by atoms with Crippen LogP contribution >= 0.6 is 0 Å². The van der Waals surface area contributed by atoms with Crippen LogP contribution in [0.25, 0.3) is 0 Å². The van der Waals surface area contributed by atoms with Crippen LogP contribution in [-0.2, 0) is 0 Å². The second-order valence-corrected chi connectivity index (χ2v) is 6.98. The summed E-state index contributed by atoms with van der Waals surface area (Å²) in [5.41, 5.74) is 2.23. The lowest BCUT2D eigenvalue weighted by atomic mass is 9.96. The highest BCUT2D eigenvalue weighted by molar-refractivity contribution is 5.75. The molecule has 0 fully saturated rings.